The molecule has 0 fully saturated rings. The second-order valence-corrected chi connectivity index (χ2v) is 2.85. The number of hydrogen-bond donors (Lipinski definition) is 0. The molecule has 0 saturated heterocycles. The standard InChI is InChI=1S/C12H14O2/c1-2-12(13)14-10-6-9-11-7-4-3-5-8-11/h3-9H,2,10H2,1H3. The van der Waals surface area contributed by atoms with Crippen LogP contribution in [0.15, 0.2) is 36.4 Å². The summed E-state index contributed by atoms with van der Waals surface area (Å²) in [6, 6.07) is 9.90. The summed E-state index contributed by atoms with van der Waals surface area (Å²) in [7, 11) is 0. The molecular formula is C12H14O2. The van der Waals surface area contributed by atoms with Crippen molar-refractivity contribution in [3.63, 3.8) is 0 Å². The van der Waals surface area contributed by atoms with Gasteiger partial charge in [-0.25, -0.2) is 0 Å². The van der Waals surface area contributed by atoms with Gasteiger partial charge in [0.2, 0.25) is 0 Å². The number of carbonyl (C=O) groups excluding carboxylic acids is 1. The third-order valence-electron chi connectivity index (χ3n) is 1.74. The van der Waals surface area contributed by atoms with Crippen molar-refractivity contribution in [2.75, 3.05) is 6.61 Å². The van der Waals surface area contributed by atoms with Crippen molar-refractivity contribution in [1.82, 2.24) is 0 Å². The fourth-order valence-corrected chi connectivity index (χ4v) is 0.991. The Hall–Kier alpha value is -1.57. The minimum absolute atomic E-state index is 0.164. The van der Waals surface area contributed by atoms with Crippen molar-refractivity contribution in [3.8, 4) is 0 Å². The number of carbonyl (C=O) groups is 1. The average Bonchev–Trinajstić information content (AvgIpc) is 2.25. The smallest absolute Gasteiger partial charge is 0.305 e. The van der Waals surface area contributed by atoms with Gasteiger partial charge in [0.15, 0.2) is 0 Å². The van der Waals surface area contributed by atoms with Gasteiger partial charge in [-0.3, -0.25) is 4.79 Å². The van der Waals surface area contributed by atoms with Gasteiger partial charge in [0, 0.05) is 6.42 Å². The molecule has 1 rings (SSSR count). The van der Waals surface area contributed by atoms with E-state index in [-0.39, 0.29) is 5.97 Å². The highest BCUT2D eigenvalue weighted by molar-refractivity contribution is 5.69. The second kappa shape index (κ2) is 5.97. The molecule has 74 valence electrons. The lowest BCUT2D eigenvalue weighted by Crippen LogP contribution is -2.01. The number of esters is 1. The molecule has 2 heteroatoms. The Labute approximate surface area is 84.2 Å². The zero-order chi connectivity index (χ0) is 10.2. The highest BCUT2D eigenvalue weighted by atomic mass is 16.5. The Balaban J connectivity index is 2.31. The molecule has 0 radical (unpaired) electrons. The molecule has 0 spiro atoms. The van der Waals surface area contributed by atoms with Gasteiger partial charge < -0.3 is 4.74 Å². The third kappa shape index (κ3) is 3.90. The van der Waals surface area contributed by atoms with E-state index in [0.717, 1.165) is 5.56 Å². The highest BCUT2D eigenvalue weighted by Gasteiger charge is 1.93. The van der Waals surface area contributed by atoms with Gasteiger partial charge in [-0.15, -0.1) is 0 Å². The summed E-state index contributed by atoms with van der Waals surface area (Å²) >= 11 is 0. The molecule has 14 heavy (non-hydrogen) atoms. The number of rotatable bonds is 4. The zero-order valence-corrected chi connectivity index (χ0v) is 8.27. The van der Waals surface area contributed by atoms with Crippen molar-refractivity contribution in [1.29, 1.82) is 0 Å². The van der Waals surface area contributed by atoms with Crippen LogP contribution < -0.4 is 0 Å². The van der Waals surface area contributed by atoms with Crippen LogP contribution in [-0.4, -0.2) is 12.6 Å². The minimum Gasteiger partial charge on any atom is -0.461 e. The number of benzene rings is 1. The van der Waals surface area contributed by atoms with Gasteiger partial charge in [0.25, 0.3) is 0 Å². The van der Waals surface area contributed by atoms with E-state index in [9.17, 15) is 4.79 Å². The monoisotopic (exact) mass is 190 g/mol. The van der Waals surface area contributed by atoms with Crippen LogP contribution in [0.5, 0.6) is 0 Å². The van der Waals surface area contributed by atoms with Crippen molar-refractivity contribution < 1.29 is 9.53 Å². The third-order valence-corrected chi connectivity index (χ3v) is 1.74. The molecule has 0 aliphatic heterocycles. The van der Waals surface area contributed by atoms with E-state index in [1.54, 1.807) is 6.92 Å². The first-order valence-corrected chi connectivity index (χ1v) is 4.70. The van der Waals surface area contributed by atoms with Gasteiger partial charge in [0.05, 0.1) is 0 Å². The molecule has 0 unspecified atom stereocenters. The zero-order valence-electron chi connectivity index (χ0n) is 8.27. The van der Waals surface area contributed by atoms with Gasteiger partial charge in [-0.2, -0.15) is 0 Å². The van der Waals surface area contributed by atoms with E-state index in [1.807, 2.05) is 42.5 Å². The van der Waals surface area contributed by atoms with E-state index in [4.69, 9.17) is 4.74 Å². The van der Waals surface area contributed by atoms with E-state index < -0.39 is 0 Å². The molecule has 2 nitrogen and oxygen atoms in total. The Kier molecular flexibility index (Phi) is 4.48. The topological polar surface area (TPSA) is 26.3 Å². The molecule has 0 aliphatic rings. The minimum atomic E-state index is -0.164. The van der Waals surface area contributed by atoms with Crippen molar-refractivity contribution >= 4 is 12.0 Å². The molecule has 0 aromatic heterocycles. The van der Waals surface area contributed by atoms with Crippen molar-refractivity contribution in [3.05, 3.63) is 42.0 Å². The molecule has 0 saturated carbocycles. The summed E-state index contributed by atoms with van der Waals surface area (Å²) in [6.45, 7) is 2.13. The Morgan fingerprint density at radius 1 is 1.36 bits per heavy atom. The lowest BCUT2D eigenvalue weighted by atomic mass is 10.2. The van der Waals surface area contributed by atoms with E-state index in [0.29, 0.717) is 13.0 Å². The molecule has 0 bridgehead atoms. The van der Waals surface area contributed by atoms with Crippen LogP contribution in [0.4, 0.5) is 0 Å². The number of ether oxygens (including phenoxy) is 1. The van der Waals surface area contributed by atoms with Gasteiger partial charge >= 0.3 is 5.97 Å². The summed E-state index contributed by atoms with van der Waals surface area (Å²) in [4.78, 5) is 10.8. The average molecular weight is 190 g/mol. The van der Waals surface area contributed by atoms with Crippen LogP contribution in [0.2, 0.25) is 0 Å². The van der Waals surface area contributed by atoms with Crippen molar-refractivity contribution in [2.45, 2.75) is 13.3 Å². The van der Waals surface area contributed by atoms with Gasteiger partial charge in [-0.1, -0.05) is 43.3 Å². The summed E-state index contributed by atoms with van der Waals surface area (Å²) < 4.78 is 4.89. The predicted octanol–water partition coefficient (Wildman–Crippen LogP) is 2.65. The van der Waals surface area contributed by atoms with Crippen LogP contribution in [0.25, 0.3) is 6.08 Å². The molecule has 0 aliphatic carbocycles. The van der Waals surface area contributed by atoms with Gasteiger partial charge in [0.1, 0.15) is 6.61 Å². The Morgan fingerprint density at radius 3 is 2.71 bits per heavy atom. The molecule has 1 aromatic carbocycles. The van der Waals surface area contributed by atoms with E-state index in [2.05, 4.69) is 0 Å². The SMILES string of the molecule is CCC(=O)OCC=Cc1ccccc1. The quantitative estimate of drug-likeness (QED) is 0.682. The fraction of sp³-hybridized carbons (Fsp3) is 0.250. The summed E-state index contributed by atoms with van der Waals surface area (Å²) in [6.07, 6.45) is 4.20. The second-order valence-electron chi connectivity index (χ2n) is 2.85. The van der Waals surface area contributed by atoms with Crippen LogP contribution in [0.1, 0.15) is 18.9 Å². The maximum Gasteiger partial charge on any atom is 0.305 e. The first-order valence-electron chi connectivity index (χ1n) is 4.70. The summed E-state index contributed by atoms with van der Waals surface area (Å²) in [5, 5.41) is 0. The van der Waals surface area contributed by atoms with E-state index in [1.165, 1.54) is 0 Å². The highest BCUT2D eigenvalue weighted by Crippen LogP contribution is 2.00. The van der Waals surface area contributed by atoms with Crippen molar-refractivity contribution in [2.24, 2.45) is 0 Å². The molecule has 0 atom stereocenters. The number of hydrogen-bond acceptors (Lipinski definition) is 2. The molecule has 0 amide bonds. The first kappa shape index (κ1) is 10.5. The van der Waals surface area contributed by atoms with E-state index >= 15 is 0 Å². The lowest BCUT2D eigenvalue weighted by molar-refractivity contribution is -0.141. The van der Waals surface area contributed by atoms with Crippen LogP contribution >= 0.6 is 0 Å². The summed E-state index contributed by atoms with van der Waals surface area (Å²) in [5.41, 5.74) is 1.11. The molecule has 0 N–H and O–H groups in total. The van der Waals surface area contributed by atoms with Crippen LogP contribution in [-0.2, 0) is 9.53 Å². The summed E-state index contributed by atoms with van der Waals surface area (Å²) in [5.74, 6) is -0.164. The molecular weight excluding hydrogens is 176 g/mol. The maximum atomic E-state index is 10.8. The normalized spacial score (nSPS) is 10.4. The fourth-order valence-electron chi connectivity index (χ4n) is 0.991. The largest absolute Gasteiger partial charge is 0.461 e. The Morgan fingerprint density at radius 2 is 2.07 bits per heavy atom. The van der Waals surface area contributed by atoms with Gasteiger partial charge in [-0.05, 0) is 11.6 Å². The Bertz CT molecular complexity index is 301. The lowest BCUT2D eigenvalue weighted by Gasteiger charge is -1.97. The first-order chi connectivity index (χ1) is 6.83. The molecule has 0 heterocycles. The maximum absolute atomic E-state index is 10.8. The van der Waals surface area contributed by atoms with Crippen LogP contribution in [0.3, 0.4) is 0 Å². The van der Waals surface area contributed by atoms with Crippen LogP contribution in [0, 0.1) is 0 Å². The molecule has 1 aromatic rings. The predicted molar refractivity (Wildman–Crippen MR) is 56.7 cm³/mol.